The van der Waals surface area contributed by atoms with Gasteiger partial charge in [-0.1, -0.05) is 13.8 Å². The summed E-state index contributed by atoms with van der Waals surface area (Å²) in [6, 6.07) is -0.408. The number of rotatable bonds is 4. The summed E-state index contributed by atoms with van der Waals surface area (Å²) < 4.78 is 0. The first-order valence-corrected chi connectivity index (χ1v) is 6.59. The summed E-state index contributed by atoms with van der Waals surface area (Å²) in [5.74, 6) is 0.648. The zero-order valence-electron chi connectivity index (χ0n) is 11.8. The first-order chi connectivity index (χ1) is 8.32. The van der Waals surface area contributed by atoms with Crippen molar-refractivity contribution < 1.29 is 9.59 Å². The normalized spacial score (nSPS) is 21.2. The quantitative estimate of drug-likeness (QED) is 0.785. The molecule has 18 heavy (non-hydrogen) atoms. The van der Waals surface area contributed by atoms with Crippen LogP contribution in [0.5, 0.6) is 0 Å². The van der Waals surface area contributed by atoms with E-state index in [4.69, 9.17) is 5.73 Å². The van der Waals surface area contributed by atoms with Crippen molar-refractivity contribution in [1.82, 2.24) is 9.80 Å². The van der Waals surface area contributed by atoms with Crippen molar-refractivity contribution in [2.75, 3.05) is 26.7 Å². The molecule has 0 saturated carbocycles. The molecule has 0 aromatic carbocycles. The molecule has 1 fully saturated rings. The number of hydrogen-bond donors (Lipinski definition) is 1. The molecule has 104 valence electrons. The lowest BCUT2D eigenvalue weighted by Crippen LogP contribution is -2.45. The van der Waals surface area contributed by atoms with Gasteiger partial charge >= 0.3 is 0 Å². The number of nitrogens with zero attached hydrogens (tertiary/aromatic N) is 2. The molecule has 0 aromatic rings. The van der Waals surface area contributed by atoms with Crippen molar-refractivity contribution in [2.24, 2.45) is 17.6 Å². The van der Waals surface area contributed by atoms with E-state index in [1.807, 2.05) is 18.7 Å². The summed E-state index contributed by atoms with van der Waals surface area (Å²) in [7, 11) is 1.80. The Hall–Kier alpha value is -1.10. The van der Waals surface area contributed by atoms with Gasteiger partial charge in [0.15, 0.2) is 0 Å². The van der Waals surface area contributed by atoms with Gasteiger partial charge in [-0.2, -0.15) is 0 Å². The lowest BCUT2D eigenvalue weighted by molar-refractivity contribution is -0.132. The zero-order chi connectivity index (χ0) is 13.9. The van der Waals surface area contributed by atoms with Crippen LogP contribution >= 0.6 is 0 Å². The van der Waals surface area contributed by atoms with Gasteiger partial charge < -0.3 is 15.5 Å². The smallest absolute Gasteiger partial charge is 0.239 e. The van der Waals surface area contributed by atoms with Crippen molar-refractivity contribution >= 4 is 11.8 Å². The van der Waals surface area contributed by atoms with Crippen LogP contribution in [-0.2, 0) is 9.59 Å². The molecule has 2 atom stereocenters. The summed E-state index contributed by atoms with van der Waals surface area (Å²) in [4.78, 5) is 26.8. The van der Waals surface area contributed by atoms with E-state index >= 15 is 0 Å². The topological polar surface area (TPSA) is 66.6 Å². The Morgan fingerprint density at radius 2 is 2.06 bits per heavy atom. The Kier molecular flexibility index (Phi) is 5.14. The van der Waals surface area contributed by atoms with Crippen LogP contribution in [-0.4, -0.2) is 54.3 Å². The fraction of sp³-hybridized carbons (Fsp3) is 0.846. The second kappa shape index (κ2) is 6.18. The zero-order valence-corrected chi connectivity index (χ0v) is 11.8. The van der Waals surface area contributed by atoms with Crippen LogP contribution in [0.1, 0.15) is 27.2 Å². The largest absolute Gasteiger partial charge is 0.346 e. The highest BCUT2D eigenvalue weighted by atomic mass is 16.2. The van der Waals surface area contributed by atoms with E-state index in [-0.39, 0.29) is 17.7 Å². The molecule has 0 aliphatic carbocycles. The van der Waals surface area contributed by atoms with Crippen LogP contribution in [0.25, 0.3) is 0 Å². The highest BCUT2D eigenvalue weighted by Gasteiger charge is 2.31. The van der Waals surface area contributed by atoms with E-state index in [9.17, 15) is 9.59 Å². The second-order valence-electron chi connectivity index (χ2n) is 5.61. The Labute approximate surface area is 109 Å². The summed E-state index contributed by atoms with van der Waals surface area (Å²) in [5, 5.41) is 0. The molecule has 1 aliphatic rings. The Morgan fingerprint density at radius 1 is 1.44 bits per heavy atom. The fourth-order valence-electron chi connectivity index (χ4n) is 2.19. The van der Waals surface area contributed by atoms with Gasteiger partial charge in [0.2, 0.25) is 11.8 Å². The van der Waals surface area contributed by atoms with Gasteiger partial charge in [-0.05, 0) is 18.3 Å². The van der Waals surface area contributed by atoms with E-state index in [1.165, 1.54) is 0 Å². The van der Waals surface area contributed by atoms with Gasteiger partial charge in [-0.25, -0.2) is 0 Å². The van der Waals surface area contributed by atoms with Gasteiger partial charge in [0, 0.05) is 33.6 Å². The van der Waals surface area contributed by atoms with Crippen molar-refractivity contribution in [3.8, 4) is 0 Å². The standard InChI is InChI=1S/C13H25N3O2/c1-9(2)12(14)13(18)16-6-5-11(8-16)7-15(4)10(3)17/h9,11-12H,5-8,14H2,1-4H3/t11-,12-/m0/s1. The second-order valence-corrected chi connectivity index (χ2v) is 5.61. The van der Waals surface area contributed by atoms with Crippen molar-refractivity contribution in [3.63, 3.8) is 0 Å². The molecule has 0 spiro atoms. The Balaban J connectivity index is 2.46. The number of hydrogen-bond acceptors (Lipinski definition) is 3. The summed E-state index contributed by atoms with van der Waals surface area (Å²) in [6.07, 6.45) is 0.953. The summed E-state index contributed by atoms with van der Waals surface area (Å²) >= 11 is 0. The van der Waals surface area contributed by atoms with Crippen molar-refractivity contribution in [2.45, 2.75) is 33.2 Å². The van der Waals surface area contributed by atoms with E-state index in [0.717, 1.165) is 26.1 Å². The lowest BCUT2D eigenvalue weighted by Gasteiger charge is -2.24. The van der Waals surface area contributed by atoms with Gasteiger partial charge in [-0.3, -0.25) is 9.59 Å². The van der Waals surface area contributed by atoms with E-state index < -0.39 is 6.04 Å². The fourth-order valence-corrected chi connectivity index (χ4v) is 2.19. The summed E-state index contributed by atoms with van der Waals surface area (Å²) in [5.41, 5.74) is 5.88. The molecule has 1 heterocycles. The minimum Gasteiger partial charge on any atom is -0.346 e. The monoisotopic (exact) mass is 255 g/mol. The molecule has 0 unspecified atom stereocenters. The van der Waals surface area contributed by atoms with Crippen LogP contribution in [0.4, 0.5) is 0 Å². The Morgan fingerprint density at radius 3 is 2.56 bits per heavy atom. The molecule has 2 N–H and O–H groups in total. The maximum absolute atomic E-state index is 12.1. The molecular formula is C13H25N3O2. The maximum atomic E-state index is 12.1. The number of nitrogens with two attached hydrogens (primary N) is 1. The highest BCUT2D eigenvalue weighted by molar-refractivity contribution is 5.82. The Bertz CT molecular complexity index is 317. The molecule has 1 saturated heterocycles. The maximum Gasteiger partial charge on any atom is 0.239 e. The molecular weight excluding hydrogens is 230 g/mol. The van der Waals surface area contributed by atoms with Gasteiger partial charge in [-0.15, -0.1) is 0 Å². The molecule has 2 amide bonds. The van der Waals surface area contributed by atoms with E-state index in [0.29, 0.717) is 5.92 Å². The van der Waals surface area contributed by atoms with Gasteiger partial charge in [0.05, 0.1) is 6.04 Å². The molecule has 5 nitrogen and oxygen atoms in total. The first-order valence-electron chi connectivity index (χ1n) is 6.59. The highest BCUT2D eigenvalue weighted by Crippen LogP contribution is 2.18. The molecule has 0 radical (unpaired) electrons. The molecule has 0 bridgehead atoms. The molecule has 5 heteroatoms. The summed E-state index contributed by atoms with van der Waals surface area (Å²) in [6.45, 7) is 7.68. The van der Waals surface area contributed by atoms with E-state index in [2.05, 4.69) is 0 Å². The number of carbonyl (C=O) groups is 2. The average Bonchev–Trinajstić information content (AvgIpc) is 2.75. The minimum atomic E-state index is -0.408. The van der Waals surface area contributed by atoms with Gasteiger partial charge in [0.25, 0.3) is 0 Å². The van der Waals surface area contributed by atoms with Crippen LogP contribution in [0.3, 0.4) is 0 Å². The predicted octanol–water partition coefficient (Wildman–Crippen LogP) is 0.297. The predicted molar refractivity (Wildman–Crippen MR) is 70.8 cm³/mol. The number of amides is 2. The number of carbonyl (C=O) groups excluding carboxylic acids is 2. The third kappa shape index (κ3) is 3.70. The minimum absolute atomic E-state index is 0.0398. The van der Waals surface area contributed by atoms with Crippen molar-refractivity contribution in [3.05, 3.63) is 0 Å². The van der Waals surface area contributed by atoms with Crippen LogP contribution < -0.4 is 5.73 Å². The molecule has 1 rings (SSSR count). The average molecular weight is 255 g/mol. The molecule has 0 aromatic heterocycles. The van der Waals surface area contributed by atoms with Crippen LogP contribution in [0, 0.1) is 11.8 Å². The third-order valence-corrected chi connectivity index (χ3v) is 3.67. The van der Waals surface area contributed by atoms with Gasteiger partial charge in [0.1, 0.15) is 0 Å². The van der Waals surface area contributed by atoms with Crippen LogP contribution in [0.2, 0.25) is 0 Å². The van der Waals surface area contributed by atoms with Crippen molar-refractivity contribution in [1.29, 1.82) is 0 Å². The first kappa shape index (κ1) is 15.0. The third-order valence-electron chi connectivity index (χ3n) is 3.67. The lowest BCUT2D eigenvalue weighted by atomic mass is 10.0. The number of likely N-dealkylation sites (tertiary alicyclic amines) is 1. The SMILES string of the molecule is CC(=O)N(C)C[C@@H]1CCN(C(=O)[C@@H](N)C(C)C)C1. The van der Waals surface area contributed by atoms with Crippen LogP contribution in [0.15, 0.2) is 0 Å². The van der Waals surface area contributed by atoms with E-state index in [1.54, 1.807) is 18.9 Å². The molecule has 1 aliphatic heterocycles.